The Balaban J connectivity index is 2.34. The van der Waals surface area contributed by atoms with Crippen molar-refractivity contribution < 1.29 is 8.42 Å². The summed E-state index contributed by atoms with van der Waals surface area (Å²) in [5.74, 6) is 0.176. The van der Waals surface area contributed by atoms with Crippen molar-refractivity contribution in [2.45, 2.75) is 43.0 Å². The molecular weight excluding hydrogens is 322 g/mol. The Morgan fingerprint density at radius 2 is 2.23 bits per heavy atom. The second kappa shape index (κ2) is 6.55. The molecule has 3 N–H and O–H groups in total. The molecule has 7 heteroatoms. The van der Waals surface area contributed by atoms with Crippen LogP contribution in [0.3, 0.4) is 0 Å². The van der Waals surface area contributed by atoms with Crippen molar-refractivity contribution in [3.8, 4) is 6.07 Å². The average molecular weight is 342 g/mol. The number of hydrogen-bond donors (Lipinski definition) is 2. The zero-order valence-corrected chi connectivity index (χ0v) is 14.0. The van der Waals surface area contributed by atoms with Crippen molar-refractivity contribution in [3.63, 3.8) is 0 Å². The van der Waals surface area contributed by atoms with Crippen molar-refractivity contribution in [3.05, 3.63) is 28.8 Å². The minimum absolute atomic E-state index is 0.0575. The number of nitriles is 1. The molecule has 120 valence electrons. The van der Waals surface area contributed by atoms with Gasteiger partial charge in [-0.3, -0.25) is 0 Å². The van der Waals surface area contributed by atoms with E-state index >= 15 is 0 Å². The molecule has 0 amide bonds. The summed E-state index contributed by atoms with van der Waals surface area (Å²) in [5, 5.41) is 9.00. The van der Waals surface area contributed by atoms with Crippen LogP contribution in [0.25, 0.3) is 0 Å². The Hall–Kier alpha value is -1.13. The van der Waals surface area contributed by atoms with Crippen LogP contribution in [0.1, 0.15) is 38.2 Å². The number of benzene rings is 1. The Kier molecular flexibility index (Phi) is 5.13. The lowest BCUT2D eigenvalue weighted by Gasteiger charge is -2.42. The van der Waals surface area contributed by atoms with Crippen LogP contribution < -0.4 is 10.5 Å². The van der Waals surface area contributed by atoms with Crippen LogP contribution in [0.15, 0.2) is 23.1 Å². The highest BCUT2D eigenvalue weighted by molar-refractivity contribution is 7.89. The van der Waals surface area contributed by atoms with Crippen molar-refractivity contribution >= 4 is 21.6 Å². The van der Waals surface area contributed by atoms with Gasteiger partial charge in [-0.15, -0.1) is 0 Å². The van der Waals surface area contributed by atoms with Gasteiger partial charge in [0, 0.05) is 12.1 Å². The maximum atomic E-state index is 12.7. The van der Waals surface area contributed by atoms with E-state index in [0.717, 1.165) is 25.7 Å². The highest BCUT2D eigenvalue weighted by Gasteiger charge is 2.40. The van der Waals surface area contributed by atoms with Gasteiger partial charge in [0.2, 0.25) is 10.0 Å². The fourth-order valence-electron chi connectivity index (χ4n) is 2.99. The van der Waals surface area contributed by atoms with Crippen molar-refractivity contribution in [1.82, 2.24) is 4.72 Å². The molecule has 0 spiro atoms. The third-order valence-electron chi connectivity index (χ3n) is 4.53. The van der Waals surface area contributed by atoms with E-state index in [-0.39, 0.29) is 27.9 Å². The molecule has 22 heavy (non-hydrogen) atoms. The van der Waals surface area contributed by atoms with Gasteiger partial charge in [-0.2, -0.15) is 5.26 Å². The molecule has 1 aliphatic rings. The monoisotopic (exact) mass is 341 g/mol. The van der Waals surface area contributed by atoms with E-state index in [1.54, 1.807) is 0 Å². The number of nitrogens with one attached hydrogen (secondary N) is 1. The van der Waals surface area contributed by atoms with Gasteiger partial charge in [0.25, 0.3) is 0 Å². The molecule has 2 atom stereocenters. The molecule has 0 radical (unpaired) electrons. The Labute approximate surface area is 136 Å². The summed E-state index contributed by atoms with van der Waals surface area (Å²) in [6.07, 6.45) is 3.73. The number of halogens is 1. The zero-order valence-electron chi connectivity index (χ0n) is 12.5. The molecule has 1 aromatic rings. The Morgan fingerprint density at radius 1 is 1.50 bits per heavy atom. The minimum atomic E-state index is -3.73. The van der Waals surface area contributed by atoms with E-state index in [0.29, 0.717) is 0 Å². The largest absolute Gasteiger partial charge is 0.329 e. The second-order valence-corrected chi connectivity index (χ2v) is 7.96. The number of sulfonamides is 1. The predicted octanol–water partition coefficient (Wildman–Crippen LogP) is 2.40. The molecule has 2 unspecified atom stereocenters. The Bertz CT molecular complexity index is 699. The summed E-state index contributed by atoms with van der Waals surface area (Å²) < 4.78 is 28.1. The molecule has 0 bridgehead atoms. The van der Waals surface area contributed by atoms with Gasteiger partial charge in [0.15, 0.2) is 0 Å². The normalized spacial score (nSPS) is 25.6. The maximum absolute atomic E-state index is 12.7. The lowest BCUT2D eigenvalue weighted by Crippen LogP contribution is -2.58. The average Bonchev–Trinajstić information content (AvgIpc) is 2.49. The van der Waals surface area contributed by atoms with Crippen LogP contribution in [-0.2, 0) is 10.0 Å². The first-order valence-electron chi connectivity index (χ1n) is 7.28. The van der Waals surface area contributed by atoms with Crippen molar-refractivity contribution in [1.29, 1.82) is 5.26 Å². The molecule has 1 aromatic carbocycles. The topological polar surface area (TPSA) is 96.0 Å². The molecule has 0 aliphatic heterocycles. The molecular formula is C15H20ClN3O2S. The van der Waals surface area contributed by atoms with Crippen LogP contribution in [0.2, 0.25) is 5.02 Å². The number of nitrogens with two attached hydrogens (primary N) is 1. The molecule has 0 heterocycles. The highest BCUT2D eigenvalue weighted by Crippen LogP contribution is 2.34. The zero-order chi connectivity index (χ0) is 16.4. The quantitative estimate of drug-likeness (QED) is 0.878. The van der Waals surface area contributed by atoms with Crippen molar-refractivity contribution in [2.24, 2.45) is 11.7 Å². The Morgan fingerprint density at radius 3 is 2.77 bits per heavy atom. The smallest absolute Gasteiger partial charge is 0.241 e. The standard InChI is InChI=1S/C15H20ClN3O2S/c1-11-4-2-3-7-15(11,10-18)19-22(20,21)13-6-5-12(9-17)14(16)8-13/h5-6,8,11,19H,2-4,7,10,18H2,1H3. The van der Waals surface area contributed by atoms with Crippen LogP contribution in [0.5, 0.6) is 0 Å². The first-order valence-corrected chi connectivity index (χ1v) is 9.14. The lowest BCUT2D eigenvalue weighted by atomic mass is 9.74. The SMILES string of the molecule is CC1CCCCC1(CN)NS(=O)(=O)c1ccc(C#N)c(Cl)c1. The minimum Gasteiger partial charge on any atom is -0.329 e. The van der Waals surface area contributed by atoms with E-state index in [1.165, 1.54) is 18.2 Å². The third-order valence-corrected chi connectivity index (χ3v) is 6.39. The molecule has 1 fully saturated rings. The van der Waals surface area contributed by atoms with Crippen molar-refractivity contribution in [2.75, 3.05) is 6.54 Å². The van der Waals surface area contributed by atoms with Crippen LogP contribution >= 0.6 is 11.6 Å². The van der Waals surface area contributed by atoms with Gasteiger partial charge in [-0.25, -0.2) is 13.1 Å². The summed E-state index contributed by atoms with van der Waals surface area (Å²) in [6, 6.07) is 6.03. The van der Waals surface area contributed by atoms with Gasteiger partial charge in [0.1, 0.15) is 6.07 Å². The first kappa shape index (κ1) is 17.2. The first-order chi connectivity index (χ1) is 10.3. The van der Waals surface area contributed by atoms with Gasteiger partial charge in [-0.05, 0) is 37.0 Å². The molecule has 1 saturated carbocycles. The van der Waals surface area contributed by atoms with E-state index in [4.69, 9.17) is 22.6 Å². The predicted molar refractivity (Wildman–Crippen MR) is 85.9 cm³/mol. The number of rotatable bonds is 4. The second-order valence-electron chi connectivity index (χ2n) is 5.87. The summed E-state index contributed by atoms with van der Waals surface area (Å²) >= 11 is 5.94. The van der Waals surface area contributed by atoms with Gasteiger partial charge < -0.3 is 5.73 Å². The van der Waals surface area contributed by atoms with Gasteiger partial charge >= 0.3 is 0 Å². The third kappa shape index (κ3) is 3.28. The molecule has 0 saturated heterocycles. The molecule has 5 nitrogen and oxygen atoms in total. The van der Waals surface area contributed by atoms with Gasteiger partial charge in [0.05, 0.1) is 15.5 Å². The maximum Gasteiger partial charge on any atom is 0.241 e. The highest BCUT2D eigenvalue weighted by atomic mass is 35.5. The molecule has 0 aromatic heterocycles. The van der Waals surface area contributed by atoms with E-state index < -0.39 is 15.6 Å². The summed E-state index contributed by atoms with van der Waals surface area (Å²) in [7, 11) is -3.73. The van der Waals surface area contributed by atoms with E-state index in [1.807, 2.05) is 13.0 Å². The van der Waals surface area contributed by atoms with Crippen LogP contribution in [-0.4, -0.2) is 20.5 Å². The molecule has 2 rings (SSSR count). The molecule has 1 aliphatic carbocycles. The van der Waals surface area contributed by atoms with E-state index in [9.17, 15) is 8.42 Å². The summed E-state index contributed by atoms with van der Waals surface area (Å²) in [6.45, 7) is 2.29. The van der Waals surface area contributed by atoms with E-state index in [2.05, 4.69) is 4.72 Å². The number of nitrogens with zero attached hydrogens (tertiary/aromatic N) is 1. The van der Waals surface area contributed by atoms with Crippen LogP contribution in [0, 0.1) is 17.2 Å². The summed E-state index contributed by atoms with van der Waals surface area (Å²) in [4.78, 5) is 0.0575. The summed E-state index contributed by atoms with van der Waals surface area (Å²) in [5.41, 5.74) is 5.53. The fraction of sp³-hybridized carbons (Fsp3) is 0.533. The number of hydrogen-bond acceptors (Lipinski definition) is 4. The van der Waals surface area contributed by atoms with Crippen LogP contribution in [0.4, 0.5) is 0 Å². The fourth-order valence-corrected chi connectivity index (χ4v) is 4.84. The lowest BCUT2D eigenvalue weighted by molar-refractivity contribution is 0.191. The van der Waals surface area contributed by atoms with Gasteiger partial charge in [-0.1, -0.05) is 31.4 Å².